The second-order valence-corrected chi connectivity index (χ2v) is 7.13. The number of carbonyl (C=O) groups is 1. The summed E-state index contributed by atoms with van der Waals surface area (Å²) >= 11 is 0. The molecule has 0 spiro atoms. The number of amides is 1. The molecule has 0 radical (unpaired) electrons. The normalized spacial score (nSPS) is 14.2. The Labute approximate surface area is 183 Å². The van der Waals surface area contributed by atoms with Gasteiger partial charge in [0.2, 0.25) is 5.75 Å². The van der Waals surface area contributed by atoms with E-state index in [0.717, 1.165) is 18.7 Å². The second kappa shape index (κ2) is 10.3. The average Bonchev–Trinajstić information content (AvgIpc) is 2.83. The zero-order valence-electron chi connectivity index (χ0n) is 18.8. The molecule has 1 amide bonds. The van der Waals surface area contributed by atoms with Crippen LogP contribution in [-0.4, -0.2) is 77.4 Å². The van der Waals surface area contributed by atoms with Gasteiger partial charge in [-0.3, -0.25) is 9.69 Å². The summed E-state index contributed by atoms with van der Waals surface area (Å²) in [6.07, 6.45) is 0. The third-order valence-corrected chi connectivity index (χ3v) is 5.48. The Balaban J connectivity index is 1.67. The van der Waals surface area contributed by atoms with Gasteiger partial charge in [0.05, 0.1) is 41.1 Å². The van der Waals surface area contributed by atoms with Gasteiger partial charge in [-0.1, -0.05) is 6.07 Å². The Morgan fingerprint density at radius 3 is 2.03 bits per heavy atom. The first-order chi connectivity index (χ1) is 15.1. The number of ether oxygens (including phenoxy) is 5. The summed E-state index contributed by atoms with van der Waals surface area (Å²) in [7, 11) is 7.97. The smallest absolute Gasteiger partial charge is 0.257 e. The van der Waals surface area contributed by atoms with E-state index >= 15 is 0 Å². The number of piperazine rings is 1. The molecule has 1 aliphatic heterocycles. The van der Waals surface area contributed by atoms with Crippen LogP contribution in [0, 0.1) is 0 Å². The molecule has 0 aromatic heterocycles. The van der Waals surface area contributed by atoms with E-state index in [9.17, 15) is 4.79 Å². The quantitative estimate of drug-likeness (QED) is 0.638. The molecule has 1 saturated heterocycles. The molecule has 0 bridgehead atoms. The lowest BCUT2D eigenvalue weighted by atomic mass is 10.1. The van der Waals surface area contributed by atoms with Crippen LogP contribution in [0.15, 0.2) is 30.3 Å². The lowest BCUT2D eigenvalue weighted by Gasteiger charge is -2.35. The highest BCUT2D eigenvalue weighted by molar-refractivity contribution is 5.97. The first-order valence-electron chi connectivity index (χ1n) is 10.1. The van der Waals surface area contributed by atoms with Crippen molar-refractivity contribution in [2.75, 3.05) is 61.7 Å². The molecule has 0 saturated carbocycles. The summed E-state index contributed by atoms with van der Waals surface area (Å²) in [6.45, 7) is 3.45. The zero-order chi connectivity index (χ0) is 22.4. The predicted octanol–water partition coefficient (Wildman–Crippen LogP) is 2.69. The van der Waals surface area contributed by atoms with E-state index in [-0.39, 0.29) is 5.91 Å². The van der Waals surface area contributed by atoms with E-state index in [1.165, 1.54) is 0 Å². The van der Waals surface area contributed by atoms with Gasteiger partial charge in [0.15, 0.2) is 11.5 Å². The summed E-state index contributed by atoms with van der Waals surface area (Å²) in [4.78, 5) is 17.2. The Kier molecular flexibility index (Phi) is 7.46. The summed E-state index contributed by atoms with van der Waals surface area (Å²) in [5.41, 5.74) is 1.55. The first kappa shape index (κ1) is 22.6. The Morgan fingerprint density at radius 2 is 1.45 bits per heavy atom. The highest BCUT2D eigenvalue weighted by Gasteiger charge is 2.26. The third kappa shape index (κ3) is 4.80. The Bertz CT molecular complexity index is 909. The van der Waals surface area contributed by atoms with Gasteiger partial charge in [0.1, 0.15) is 11.5 Å². The predicted molar refractivity (Wildman–Crippen MR) is 117 cm³/mol. The molecule has 1 aliphatic rings. The maximum absolute atomic E-state index is 13.0. The molecule has 0 atom stereocenters. The summed E-state index contributed by atoms with van der Waals surface area (Å²) in [6, 6.07) is 9.12. The molecular weight excluding hydrogens is 400 g/mol. The fraction of sp³-hybridized carbons (Fsp3) is 0.435. The molecule has 1 fully saturated rings. The fourth-order valence-corrected chi connectivity index (χ4v) is 3.78. The maximum Gasteiger partial charge on any atom is 0.257 e. The number of hydrogen-bond acceptors (Lipinski definition) is 7. The Morgan fingerprint density at radius 1 is 0.774 bits per heavy atom. The van der Waals surface area contributed by atoms with Gasteiger partial charge < -0.3 is 28.6 Å². The van der Waals surface area contributed by atoms with Crippen LogP contribution in [0.5, 0.6) is 28.7 Å². The van der Waals surface area contributed by atoms with Crippen LogP contribution >= 0.6 is 0 Å². The molecular formula is C23H30N2O6. The molecule has 168 valence electrons. The molecule has 0 unspecified atom stereocenters. The molecule has 0 aliphatic carbocycles. The van der Waals surface area contributed by atoms with Crippen LogP contribution in [0.25, 0.3) is 0 Å². The summed E-state index contributed by atoms with van der Waals surface area (Å²) < 4.78 is 27.0. The average molecular weight is 431 g/mol. The molecule has 31 heavy (non-hydrogen) atoms. The molecule has 2 aromatic carbocycles. The molecule has 2 aromatic rings. The van der Waals surface area contributed by atoms with E-state index in [1.54, 1.807) is 53.7 Å². The van der Waals surface area contributed by atoms with Crippen LogP contribution in [0.4, 0.5) is 0 Å². The van der Waals surface area contributed by atoms with Crippen molar-refractivity contribution in [3.63, 3.8) is 0 Å². The molecule has 0 N–H and O–H groups in total. The van der Waals surface area contributed by atoms with Crippen molar-refractivity contribution in [1.29, 1.82) is 0 Å². The highest BCUT2D eigenvalue weighted by Crippen LogP contribution is 2.40. The number of hydrogen-bond donors (Lipinski definition) is 0. The lowest BCUT2D eigenvalue weighted by Crippen LogP contribution is -2.48. The van der Waals surface area contributed by atoms with E-state index < -0.39 is 0 Å². The summed E-state index contributed by atoms with van der Waals surface area (Å²) in [5.74, 6) is 3.02. The van der Waals surface area contributed by atoms with Gasteiger partial charge in [0.25, 0.3) is 5.91 Å². The summed E-state index contributed by atoms with van der Waals surface area (Å²) in [5, 5.41) is 0. The van der Waals surface area contributed by atoms with E-state index in [4.69, 9.17) is 23.7 Å². The van der Waals surface area contributed by atoms with Crippen molar-refractivity contribution in [2.45, 2.75) is 6.54 Å². The number of nitrogens with zero attached hydrogens (tertiary/aromatic N) is 2. The first-order valence-corrected chi connectivity index (χ1v) is 10.1. The minimum Gasteiger partial charge on any atom is -0.497 e. The zero-order valence-corrected chi connectivity index (χ0v) is 18.8. The molecule has 3 rings (SSSR count). The van der Waals surface area contributed by atoms with Gasteiger partial charge in [-0.2, -0.15) is 0 Å². The second-order valence-electron chi connectivity index (χ2n) is 7.13. The van der Waals surface area contributed by atoms with Crippen molar-refractivity contribution in [3.05, 3.63) is 41.5 Å². The van der Waals surface area contributed by atoms with Gasteiger partial charge in [-0.25, -0.2) is 0 Å². The van der Waals surface area contributed by atoms with Crippen molar-refractivity contribution in [3.8, 4) is 28.7 Å². The van der Waals surface area contributed by atoms with Crippen LogP contribution < -0.4 is 23.7 Å². The third-order valence-electron chi connectivity index (χ3n) is 5.48. The number of methoxy groups -OCH3 is 5. The molecule has 1 heterocycles. The van der Waals surface area contributed by atoms with Gasteiger partial charge in [0, 0.05) is 44.4 Å². The number of benzene rings is 2. The van der Waals surface area contributed by atoms with Gasteiger partial charge in [-0.05, 0) is 18.2 Å². The topological polar surface area (TPSA) is 69.7 Å². The lowest BCUT2D eigenvalue weighted by molar-refractivity contribution is 0.0624. The van der Waals surface area contributed by atoms with Gasteiger partial charge in [-0.15, -0.1) is 0 Å². The van der Waals surface area contributed by atoms with Crippen LogP contribution in [0.2, 0.25) is 0 Å². The van der Waals surface area contributed by atoms with E-state index in [2.05, 4.69) is 4.90 Å². The standard InChI is InChI=1S/C23H30N2O6/c1-27-17-7-8-18(20(14-17)29-3)23(26)25-12-10-24(11-13-25)15-16-6-9-19(28-2)22(31-5)21(16)30-4/h6-9,14H,10-13,15H2,1-5H3. The highest BCUT2D eigenvalue weighted by atomic mass is 16.5. The SMILES string of the molecule is COc1ccc(C(=O)N2CCN(Cc3ccc(OC)c(OC)c3OC)CC2)c(OC)c1. The number of rotatable bonds is 8. The molecule has 8 heteroatoms. The monoisotopic (exact) mass is 430 g/mol. The van der Waals surface area contributed by atoms with Crippen molar-refractivity contribution in [2.24, 2.45) is 0 Å². The van der Waals surface area contributed by atoms with E-state index in [1.807, 2.05) is 17.0 Å². The minimum absolute atomic E-state index is 0.0390. The van der Waals surface area contributed by atoms with Crippen LogP contribution in [0.1, 0.15) is 15.9 Å². The van der Waals surface area contributed by atoms with Crippen molar-refractivity contribution >= 4 is 5.91 Å². The van der Waals surface area contributed by atoms with Crippen LogP contribution in [0.3, 0.4) is 0 Å². The fourth-order valence-electron chi connectivity index (χ4n) is 3.78. The maximum atomic E-state index is 13.0. The van der Waals surface area contributed by atoms with Crippen molar-refractivity contribution in [1.82, 2.24) is 9.80 Å². The van der Waals surface area contributed by atoms with Crippen LogP contribution in [-0.2, 0) is 6.54 Å². The van der Waals surface area contributed by atoms with Gasteiger partial charge >= 0.3 is 0 Å². The largest absolute Gasteiger partial charge is 0.497 e. The minimum atomic E-state index is -0.0390. The number of carbonyl (C=O) groups excluding carboxylic acids is 1. The van der Waals surface area contributed by atoms with E-state index in [0.29, 0.717) is 53.9 Å². The molecule has 8 nitrogen and oxygen atoms in total. The van der Waals surface area contributed by atoms with Crippen molar-refractivity contribution < 1.29 is 28.5 Å². The Hall–Kier alpha value is -3.13.